The van der Waals surface area contributed by atoms with Crippen molar-refractivity contribution in [2.45, 2.75) is 18.2 Å². The molecule has 0 saturated carbocycles. The predicted molar refractivity (Wildman–Crippen MR) is 68.7 cm³/mol. The van der Waals surface area contributed by atoms with Crippen LogP contribution in [-0.2, 0) is 0 Å². The van der Waals surface area contributed by atoms with E-state index in [2.05, 4.69) is 11.6 Å². The molecular weight excluding hydrogens is 220 g/mol. The van der Waals surface area contributed by atoms with E-state index in [1.54, 1.807) is 11.8 Å². The predicted octanol–water partition coefficient (Wildman–Crippen LogP) is 3.00. The maximum Gasteiger partial charge on any atom is 0.322 e. The number of nitrogens with one attached hydrogen (secondary N) is 1. The lowest BCUT2D eigenvalue weighted by Crippen LogP contribution is -2.36. The highest BCUT2D eigenvalue weighted by molar-refractivity contribution is 7.99. The number of likely N-dealkylation sites (tertiary alicyclic amines) is 1. The van der Waals surface area contributed by atoms with Gasteiger partial charge in [0, 0.05) is 12.2 Å². The molecule has 1 unspecified atom stereocenters. The van der Waals surface area contributed by atoms with Crippen LogP contribution >= 0.6 is 11.8 Å². The van der Waals surface area contributed by atoms with Crippen LogP contribution in [0.5, 0.6) is 0 Å². The second kappa shape index (κ2) is 5.25. The molecule has 0 spiro atoms. The van der Waals surface area contributed by atoms with E-state index in [4.69, 9.17) is 0 Å². The average molecular weight is 236 g/mol. The molecule has 2 rings (SSSR count). The first-order valence-electron chi connectivity index (χ1n) is 5.47. The number of hydrogen-bond acceptors (Lipinski definition) is 2. The smallest absolute Gasteiger partial charge is 0.313 e. The maximum absolute atomic E-state index is 12.0. The molecular formula is C12H16N2OS. The van der Waals surface area contributed by atoms with Crippen LogP contribution in [0, 0.1) is 0 Å². The molecule has 2 amide bonds. The number of anilines is 1. The van der Waals surface area contributed by atoms with Gasteiger partial charge in [-0.15, -0.1) is 11.8 Å². The number of para-hydroxylation sites is 1. The van der Waals surface area contributed by atoms with Crippen molar-refractivity contribution in [2.75, 3.05) is 18.1 Å². The number of rotatable bonds is 2. The van der Waals surface area contributed by atoms with Gasteiger partial charge in [-0.25, -0.2) is 4.79 Å². The van der Waals surface area contributed by atoms with Gasteiger partial charge in [0.15, 0.2) is 0 Å². The second-order valence-corrected chi connectivity index (χ2v) is 4.84. The highest BCUT2D eigenvalue weighted by atomic mass is 32.2. The third-order valence-corrected chi connectivity index (χ3v) is 3.79. The molecule has 1 N–H and O–H groups in total. The molecule has 1 fully saturated rings. The molecule has 1 heterocycles. The van der Waals surface area contributed by atoms with Gasteiger partial charge in [-0.2, -0.15) is 0 Å². The van der Waals surface area contributed by atoms with Crippen molar-refractivity contribution in [1.82, 2.24) is 4.90 Å². The monoisotopic (exact) mass is 236 g/mol. The number of carbonyl (C=O) groups is 1. The van der Waals surface area contributed by atoms with E-state index in [9.17, 15) is 4.79 Å². The number of hydrogen-bond donors (Lipinski definition) is 1. The SMILES string of the molecule is CSC1CCCN1C(=O)Nc1ccccc1. The van der Waals surface area contributed by atoms with Crippen LogP contribution in [0.15, 0.2) is 30.3 Å². The summed E-state index contributed by atoms with van der Waals surface area (Å²) in [4.78, 5) is 13.9. The van der Waals surface area contributed by atoms with Crippen LogP contribution < -0.4 is 5.32 Å². The van der Waals surface area contributed by atoms with Gasteiger partial charge < -0.3 is 10.2 Å². The minimum Gasteiger partial charge on any atom is -0.313 e. The number of urea groups is 1. The lowest BCUT2D eigenvalue weighted by atomic mass is 10.3. The Balaban J connectivity index is 1.98. The van der Waals surface area contributed by atoms with Crippen LogP contribution in [-0.4, -0.2) is 29.1 Å². The summed E-state index contributed by atoms with van der Waals surface area (Å²) in [5.74, 6) is 0. The second-order valence-electron chi connectivity index (χ2n) is 3.82. The van der Waals surface area contributed by atoms with Gasteiger partial charge in [0.2, 0.25) is 0 Å². The molecule has 86 valence electrons. The average Bonchev–Trinajstić information content (AvgIpc) is 2.78. The van der Waals surface area contributed by atoms with Crippen molar-refractivity contribution in [3.63, 3.8) is 0 Å². The van der Waals surface area contributed by atoms with Crippen molar-refractivity contribution >= 4 is 23.5 Å². The van der Waals surface area contributed by atoms with Gasteiger partial charge in [-0.1, -0.05) is 18.2 Å². The summed E-state index contributed by atoms with van der Waals surface area (Å²) in [5.41, 5.74) is 0.860. The lowest BCUT2D eigenvalue weighted by molar-refractivity contribution is 0.219. The van der Waals surface area contributed by atoms with Crippen LogP contribution in [0.2, 0.25) is 0 Å². The van der Waals surface area contributed by atoms with E-state index in [1.165, 1.54) is 0 Å². The Morgan fingerprint density at radius 3 is 2.88 bits per heavy atom. The Hall–Kier alpha value is -1.16. The van der Waals surface area contributed by atoms with Gasteiger partial charge >= 0.3 is 6.03 Å². The number of nitrogens with zero attached hydrogens (tertiary/aromatic N) is 1. The Morgan fingerprint density at radius 2 is 2.19 bits per heavy atom. The van der Waals surface area contributed by atoms with E-state index in [-0.39, 0.29) is 6.03 Å². The molecule has 0 aliphatic carbocycles. The number of thioether (sulfide) groups is 1. The fraction of sp³-hybridized carbons (Fsp3) is 0.417. The van der Waals surface area contributed by atoms with Crippen molar-refractivity contribution in [2.24, 2.45) is 0 Å². The van der Waals surface area contributed by atoms with E-state index in [1.807, 2.05) is 35.2 Å². The zero-order valence-electron chi connectivity index (χ0n) is 9.35. The van der Waals surface area contributed by atoms with Crippen LogP contribution in [0.4, 0.5) is 10.5 Å². The molecule has 1 aromatic carbocycles. The maximum atomic E-state index is 12.0. The van der Waals surface area contributed by atoms with E-state index >= 15 is 0 Å². The fourth-order valence-electron chi connectivity index (χ4n) is 1.93. The fourth-order valence-corrected chi connectivity index (χ4v) is 2.79. The zero-order valence-corrected chi connectivity index (χ0v) is 10.2. The van der Waals surface area contributed by atoms with E-state index in [0.29, 0.717) is 5.37 Å². The summed E-state index contributed by atoms with van der Waals surface area (Å²) in [6, 6.07) is 9.61. The van der Waals surface area contributed by atoms with Gasteiger partial charge in [0.25, 0.3) is 0 Å². The molecule has 0 radical (unpaired) electrons. The summed E-state index contributed by atoms with van der Waals surface area (Å²) in [7, 11) is 0. The van der Waals surface area contributed by atoms with Crippen molar-refractivity contribution in [3.8, 4) is 0 Å². The Bertz CT molecular complexity index is 355. The van der Waals surface area contributed by atoms with Gasteiger partial charge in [-0.05, 0) is 31.2 Å². The summed E-state index contributed by atoms with van der Waals surface area (Å²) in [6.45, 7) is 0.865. The topological polar surface area (TPSA) is 32.3 Å². The summed E-state index contributed by atoms with van der Waals surface area (Å²) in [6.07, 6.45) is 4.26. The summed E-state index contributed by atoms with van der Waals surface area (Å²) in [5, 5.41) is 3.26. The quantitative estimate of drug-likeness (QED) is 0.856. The number of amides is 2. The Labute approximate surface area is 100 Å². The number of carbonyl (C=O) groups excluding carboxylic acids is 1. The first-order valence-corrected chi connectivity index (χ1v) is 6.75. The standard InChI is InChI=1S/C12H16N2OS/c1-16-11-8-5-9-14(11)12(15)13-10-6-3-2-4-7-10/h2-4,6-7,11H,5,8-9H2,1H3,(H,13,15). The van der Waals surface area contributed by atoms with Gasteiger partial charge in [-0.3, -0.25) is 0 Å². The molecule has 1 aliphatic rings. The first-order chi connectivity index (χ1) is 7.81. The largest absolute Gasteiger partial charge is 0.322 e. The normalized spacial score (nSPS) is 19.8. The summed E-state index contributed by atoms with van der Waals surface area (Å²) < 4.78 is 0. The highest BCUT2D eigenvalue weighted by Gasteiger charge is 2.27. The van der Waals surface area contributed by atoms with Crippen LogP contribution in [0.1, 0.15) is 12.8 Å². The van der Waals surface area contributed by atoms with E-state index < -0.39 is 0 Å². The van der Waals surface area contributed by atoms with Crippen LogP contribution in [0.3, 0.4) is 0 Å². The molecule has 3 nitrogen and oxygen atoms in total. The minimum atomic E-state index is 0.0167. The Morgan fingerprint density at radius 1 is 1.44 bits per heavy atom. The summed E-state index contributed by atoms with van der Waals surface area (Å²) >= 11 is 1.74. The van der Waals surface area contributed by atoms with Gasteiger partial charge in [0.1, 0.15) is 0 Å². The van der Waals surface area contributed by atoms with Gasteiger partial charge in [0.05, 0.1) is 5.37 Å². The highest BCUT2D eigenvalue weighted by Crippen LogP contribution is 2.25. The molecule has 1 atom stereocenters. The molecule has 16 heavy (non-hydrogen) atoms. The molecule has 1 aliphatic heterocycles. The van der Waals surface area contributed by atoms with Crippen LogP contribution in [0.25, 0.3) is 0 Å². The van der Waals surface area contributed by atoms with E-state index in [0.717, 1.165) is 25.1 Å². The number of benzene rings is 1. The molecule has 0 aromatic heterocycles. The van der Waals surface area contributed by atoms with Crippen molar-refractivity contribution in [3.05, 3.63) is 30.3 Å². The molecule has 0 bridgehead atoms. The van der Waals surface area contributed by atoms with Crippen molar-refractivity contribution in [1.29, 1.82) is 0 Å². The Kier molecular flexibility index (Phi) is 3.72. The minimum absolute atomic E-state index is 0.0167. The first kappa shape index (κ1) is 11.3. The molecule has 1 saturated heterocycles. The molecule has 1 aromatic rings. The van der Waals surface area contributed by atoms with Crippen molar-refractivity contribution < 1.29 is 4.79 Å². The zero-order chi connectivity index (χ0) is 11.4. The molecule has 4 heteroatoms. The lowest BCUT2D eigenvalue weighted by Gasteiger charge is -2.23. The third kappa shape index (κ3) is 2.50. The third-order valence-electron chi connectivity index (χ3n) is 2.76.